The molecule has 0 aliphatic carbocycles. The van der Waals surface area contributed by atoms with Crippen LogP contribution in [-0.2, 0) is 0 Å². The van der Waals surface area contributed by atoms with Gasteiger partial charge in [0.2, 0.25) is 0 Å². The van der Waals surface area contributed by atoms with Crippen LogP contribution < -0.4 is 14.8 Å². The normalized spacial score (nSPS) is 16.4. The molecule has 0 saturated carbocycles. The maximum Gasteiger partial charge on any atom is 0.257 e. The molecule has 25 heavy (non-hydrogen) atoms. The van der Waals surface area contributed by atoms with E-state index in [4.69, 9.17) is 9.47 Å². The molecular weight excluding hydrogens is 316 g/mol. The Morgan fingerprint density at radius 2 is 1.92 bits per heavy atom. The maximum atomic E-state index is 12.6. The summed E-state index contributed by atoms with van der Waals surface area (Å²) in [5.74, 6) is 1.81. The van der Waals surface area contributed by atoms with Gasteiger partial charge in [0.15, 0.2) is 11.5 Å². The molecule has 0 saturated heterocycles. The van der Waals surface area contributed by atoms with Crippen molar-refractivity contribution in [2.75, 3.05) is 26.1 Å². The third kappa shape index (κ3) is 3.40. The van der Waals surface area contributed by atoms with E-state index in [0.717, 1.165) is 11.3 Å². The van der Waals surface area contributed by atoms with Crippen molar-refractivity contribution in [3.8, 4) is 11.5 Å². The Labute approximate surface area is 148 Å². The molecule has 1 amide bonds. The average molecular weight is 340 g/mol. The maximum absolute atomic E-state index is 12.6. The van der Waals surface area contributed by atoms with E-state index in [2.05, 4.69) is 19.2 Å². The first-order valence-corrected chi connectivity index (χ1v) is 8.44. The molecule has 5 heteroatoms. The first-order valence-electron chi connectivity index (χ1n) is 8.44. The van der Waals surface area contributed by atoms with Gasteiger partial charge in [-0.1, -0.05) is 32.0 Å². The zero-order valence-electron chi connectivity index (χ0n) is 15.1. The summed E-state index contributed by atoms with van der Waals surface area (Å²) in [6, 6.07) is 13.3. The predicted octanol–water partition coefficient (Wildman–Crippen LogP) is 3.93. The van der Waals surface area contributed by atoms with Crippen LogP contribution in [0.15, 0.2) is 42.5 Å². The summed E-state index contributed by atoms with van der Waals surface area (Å²) >= 11 is 0. The topological polar surface area (TPSA) is 50.8 Å². The van der Waals surface area contributed by atoms with Gasteiger partial charge >= 0.3 is 0 Å². The van der Waals surface area contributed by atoms with Gasteiger partial charge in [-0.05, 0) is 35.7 Å². The van der Waals surface area contributed by atoms with Crippen LogP contribution >= 0.6 is 0 Å². The van der Waals surface area contributed by atoms with E-state index < -0.39 is 0 Å². The predicted molar refractivity (Wildman–Crippen MR) is 98.2 cm³/mol. The third-order valence-corrected chi connectivity index (χ3v) is 4.23. The van der Waals surface area contributed by atoms with Gasteiger partial charge in [0.05, 0.1) is 19.3 Å². The minimum absolute atomic E-state index is 0.00143. The molecule has 2 aromatic carbocycles. The highest BCUT2D eigenvalue weighted by atomic mass is 16.5. The van der Waals surface area contributed by atoms with Crippen LogP contribution in [0.1, 0.15) is 35.9 Å². The lowest BCUT2D eigenvalue weighted by molar-refractivity contribution is 0.0735. The molecule has 132 valence electrons. The van der Waals surface area contributed by atoms with Crippen molar-refractivity contribution in [1.29, 1.82) is 0 Å². The summed E-state index contributed by atoms with van der Waals surface area (Å²) in [5.41, 5.74) is 2.47. The second-order valence-electron chi connectivity index (χ2n) is 6.62. The fourth-order valence-corrected chi connectivity index (χ4v) is 2.88. The number of amides is 1. The van der Waals surface area contributed by atoms with E-state index >= 15 is 0 Å². The van der Waals surface area contributed by atoms with Gasteiger partial charge in [0.1, 0.15) is 6.17 Å². The summed E-state index contributed by atoms with van der Waals surface area (Å²) in [4.78, 5) is 14.3. The molecule has 3 rings (SSSR count). The van der Waals surface area contributed by atoms with Gasteiger partial charge in [0, 0.05) is 12.7 Å². The molecule has 0 fully saturated rings. The number of methoxy groups -OCH3 is 1. The molecular formula is C20H24N2O3. The number of carbonyl (C=O) groups is 1. The van der Waals surface area contributed by atoms with E-state index in [-0.39, 0.29) is 12.1 Å². The van der Waals surface area contributed by atoms with E-state index in [1.165, 1.54) is 0 Å². The number of rotatable bonds is 5. The lowest BCUT2D eigenvalue weighted by atomic mass is 10.0. The Kier molecular flexibility index (Phi) is 4.83. The molecule has 1 heterocycles. The van der Waals surface area contributed by atoms with Gasteiger partial charge in [-0.25, -0.2) is 0 Å². The molecule has 0 radical (unpaired) electrons. The number of nitrogens with one attached hydrogen (secondary N) is 1. The Morgan fingerprint density at radius 1 is 1.16 bits per heavy atom. The number of carbonyl (C=O) groups excluding carboxylic acids is 1. The monoisotopic (exact) mass is 340 g/mol. The number of fused-ring (bicyclic) bond motifs is 1. The number of ether oxygens (including phenoxy) is 2. The number of hydrogen-bond acceptors (Lipinski definition) is 4. The zero-order valence-corrected chi connectivity index (χ0v) is 15.1. The number of nitrogens with zero attached hydrogens (tertiary/aromatic N) is 1. The van der Waals surface area contributed by atoms with E-state index in [1.807, 2.05) is 42.5 Å². The van der Waals surface area contributed by atoms with Crippen LogP contribution in [0.4, 0.5) is 5.69 Å². The second kappa shape index (κ2) is 7.05. The zero-order chi connectivity index (χ0) is 18.0. The molecule has 1 atom stereocenters. The first kappa shape index (κ1) is 17.1. The smallest absolute Gasteiger partial charge is 0.257 e. The lowest BCUT2D eigenvalue weighted by Crippen LogP contribution is -2.40. The highest BCUT2D eigenvalue weighted by Crippen LogP contribution is 2.36. The molecule has 0 spiro atoms. The van der Waals surface area contributed by atoms with Crippen molar-refractivity contribution in [3.63, 3.8) is 0 Å². The summed E-state index contributed by atoms with van der Waals surface area (Å²) < 4.78 is 11.3. The quantitative estimate of drug-likeness (QED) is 0.896. The van der Waals surface area contributed by atoms with Crippen LogP contribution in [0.5, 0.6) is 11.5 Å². The van der Waals surface area contributed by atoms with Crippen molar-refractivity contribution in [2.24, 2.45) is 5.92 Å². The van der Waals surface area contributed by atoms with Crippen LogP contribution in [0.3, 0.4) is 0 Å². The number of hydrogen-bond donors (Lipinski definition) is 1. The van der Waals surface area contributed by atoms with Crippen molar-refractivity contribution in [1.82, 2.24) is 4.90 Å². The molecule has 1 unspecified atom stereocenters. The SMILES string of the molecule is COc1cc(C2Nc3ccccc3C(=O)N2C)ccc1OCC(C)C. The molecule has 2 aromatic rings. The Morgan fingerprint density at radius 3 is 2.64 bits per heavy atom. The Bertz CT molecular complexity index is 773. The van der Waals surface area contributed by atoms with Crippen LogP contribution in [-0.4, -0.2) is 31.6 Å². The van der Waals surface area contributed by atoms with Crippen molar-refractivity contribution < 1.29 is 14.3 Å². The van der Waals surface area contributed by atoms with Gasteiger partial charge in [-0.3, -0.25) is 4.79 Å². The van der Waals surface area contributed by atoms with Gasteiger partial charge in [0.25, 0.3) is 5.91 Å². The van der Waals surface area contributed by atoms with E-state index in [9.17, 15) is 4.79 Å². The van der Waals surface area contributed by atoms with Crippen molar-refractivity contribution in [2.45, 2.75) is 20.0 Å². The largest absolute Gasteiger partial charge is 0.493 e. The fourth-order valence-electron chi connectivity index (χ4n) is 2.88. The van der Waals surface area contributed by atoms with E-state index in [0.29, 0.717) is 29.6 Å². The molecule has 0 aromatic heterocycles. The number of para-hydroxylation sites is 1. The summed E-state index contributed by atoms with van der Waals surface area (Å²) in [6.07, 6.45) is -0.254. The summed E-state index contributed by atoms with van der Waals surface area (Å²) in [5, 5.41) is 3.42. The number of benzene rings is 2. The van der Waals surface area contributed by atoms with Crippen molar-refractivity contribution >= 4 is 11.6 Å². The third-order valence-electron chi connectivity index (χ3n) is 4.23. The Hall–Kier alpha value is -2.69. The minimum Gasteiger partial charge on any atom is -0.493 e. The van der Waals surface area contributed by atoms with Crippen LogP contribution in [0.25, 0.3) is 0 Å². The molecule has 0 bridgehead atoms. The van der Waals surface area contributed by atoms with E-state index in [1.54, 1.807) is 19.1 Å². The van der Waals surface area contributed by atoms with Gasteiger partial charge in [-0.2, -0.15) is 0 Å². The van der Waals surface area contributed by atoms with Crippen LogP contribution in [0.2, 0.25) is 0 Å². The second-order valence-corrected chi connectivity index (χ2v) is 6.62. The minimum atomic E-state index is -0.254. The summed E-state index contributed by atoms with van der Waals surface area (Å²) in [7, 11) is 3.42. The highest BCUT2D eigenvalue weighted by Gasteiger charge is 2.30. The average Bonchev–Trinajstić information content (AvgIpc) is 2.62. The molecule has 1 aliphatic rings. The Balaban J connectivity index is 1.90. The number of anilines is 1. The molecule has 1 aliphatic heterocycles. The van der Waals surface area contributed by atoms with Gasteiger partial charge < -0.3 is 19.7 Å². The highest BCUT2D eigenvalue weighted by molar-refractivity contribution is 6.01. The van der Waals surface area contributed by atoms with Crippen LogP contribution in [0, 0.1) is 5.92 Å². The molecule has 5 nitrogen and oxygen atoms in total. The van der Waals surface area contributed by atoms with Crippen molar-refractivity contribution in [3.05, 3.63) is 53.6 Å². The standard InChI is InChI=1S/C20H24N2O3/c1-13(2)12-25-17-10-9-14(11-18(17)24-4)19-21-16-8-6-5-7-15(16)20(23)22(19)3/h5-11,13,19,21H,12H2,1-4H3. The first-order chi connectivity index (χ1) is 12.0. The van der Waals surface area contributed by atoms with Gasteiger partial charge in [-0.15, -0.1) is 0 Å². The summed E-state index contributed by atoms with van der Waals surface area (Å²) in [6.45, 7) is 4.83. The fraction of sp³-hybridized carbons (Fsp3) is 0.350. The molecule has 1 N–H and O–H groups in total. The lowest BCUT2D eigenvalue weighted by Gasteiger charge is -2.35.